The number of hydrogen-bond acceptors (Lipinski definition) is 3. The summed E-state index contributed by atoms with van der Waals surface area (Å²) in [7, 11) is 0. The smallest absolute Gasteiger partial charge is 0.185 e. The second-order valence-electron chi connectivity index (χ2n) is 3.67. The van der Waals surface area contributed by atoms with Crippen molar-refractivity contribution in [1.29, 1.82) is 0 Å². The topological polar surface area (TPSA) is 39.4 Å². The Hall–Kier alpha value is -2.29. The van der Waals surface area contributed by atoms with Gasteiger partial charge in [0.25, 0.3) is 0 Å². The zero-order valence-electron chi connectivity index (χ0n) is 10.1. The van der Waals surface area contributed by atoms with E-state index in [2.05, 4.69) is 0 Å². The van der Waals surface area contributed by atoms with Crippen LogP contribution in [0.5, 0.6) is 5.75 Å². The molecule has 0 aliphatic carbocycles. The number of allylic oxidation sites excluding steroid dienone is 1. The molecular formula is C15H14O3. The molecule has 2 aromatic rings. The van der Waals surface area contributed by atoms with Crippen molar-refractivity contribution in [2.24, 2.45) is 0 Å². The lowest BCUT2D eigenvalue weighted by Crippen LogP contribution is -1.95. The predicted octanol–water partition coefficient (Wildman–Crippen LogP) is 3.57. The fraction of sp³-hybridized carbons (Fsp3) is 0.133. The molecule has 2 rings (SSSR count). The summed E-state index contributed by atoms with van der Waals surface area (Å²) >= 11 is 0. The highest BCUT2D eigenvalue weighted by atomic mass is 16.5. The van der Waals surface area contributed by atoms with Gasteiger partial charge in [-0.25, -0.2) is 0 Å². The lowest BCUT2D eigenvalue weighted by molar-refractivity contribution is 0.104. The number of ether oxygens (including phenoxy) is 1. The average molecular weight is 242 g/mol. The van der Waals surface area contributed by atoms with Crippen LogP contribution in [-0.2, 0) is 0 Å². The molecule has 0 saturated carbocycles. The molecule has 1 aromatic heterocycles. The minimum Gasteiger partial charge on any atom is -0.494 e. The molecule has 18 heavy (non-hydrogen) atoms. The third-order valence-corrected chi connectivity index (χ3v) is 2.39. The number of furan rings is 1. The van der Waals surface area contributed by atoms with E-state index in [4.69, 9.17) is 9.15 Å². The SMILES string of the molecule is CCOc1ccc(C(=O)/C=C/c2ccco2)cc1. The summed E-state index contributed by atoms with van der Waals surface area (Å²) in [6, 6.07) is 10.7. The molecule has 0 unspecified atom stereocenters. The molecule has 0 fully saturated rings. The summed E-state index contributed by atoms with van der Waals surface area (Å²) < 4.78 is 10.4. The van der Waals surface area contributed by atoms with E-state index in [0.717, 1.165) is 5.75 Å². The highest BCUT2D eigenvalue weighted by Gasteiger charge is 2.02. The van der Waals surface area contributed by atoms with Gasteiger partial charge in [0.2, 0.25) is 0 Å². The van der Waals surface area contributed by atoms with Gasteiger partial charge in [0.15, 0.2) is 5.78 Å². The minimum atomic E-state index is -0.0607. The number of carbonyl (C=O) groups excluding carboxylic acids is 1. The Labute approximate surface area is 106 Å². The molecule has 0 atom stereocenters. The standard InChI is InChI=1S/C15H14O3/c1-2-17-14-7-5-12(6-8-14)15(16)10-9-13-4-3-11-18-13/h3-11H,2H2,1H3/b10-9+. The van der Waals surface area contributed by atoms with Crippen molar-refractivity contribution in [3.8, 4) is 5.75 Å². The van der Waals surface area contributed by atoms with Gasteiger partial charge in [0.05, 0.1) is 12.9 Å². The Balaban J connectivity index is 2.04. The molecule has 0 bridgehead atoms. The maximum absolute atomic E-state index is 11.8. The first-order valence-corrected chi connectivity index (χ1v) is 5.78. The average Bonchev–Trinajstić information content (AvgIpc) is 2.90. The predicted molar refractivity (Wildman–Crippen MR) is 69.7 cm³/mol. The molecule has 92 valence electrons. The second kappa shape index (κ2) is 5.87. The minimum absolute atomic E-state index is 0.0607. The maximum Gasteiger partial charge on any atom is 0.185 e. The van der Waals surface area contributed by atoms with E-state index in [1.807, 2.05) is 6.92 Å². The summed E-state index contributed by atoms with van der Waals surface area (Å²) in [6.07, 6.45) is 4.72. The summed E-state index contributed by atoms with van der Waals surface area (Å²) in [6.45, 7) is 2.54. The van der Waals surface area contributed by atoms with Crippen LogP contribution in [0.1, 0.15) is 23.0 Å². The first kappa shape index (κ1) is 12.2. The fourth-order valence-electron chi connectivity index (χ4n) is 1.52. The number of rotatable bonds is 5. The molecule has 0 spiro atoms. The molecule has 0 saturated heterocycles. The van der Waals surface area contributed by atoms with Gasteiger partial charge in [-0.2, -0.15) is 0 Å². The van der Waals surface area contributed by atoms with Gasteiger partial charge in [-0.05, 0) is 55.5 Å². The quantitative estimate of drug-likeness (QED) is 0.594. The number of hydrogen-bond donors (Lipinski definition) is 0. The third kappa shape index (κ3) is 3.10. The van der Waals surface area contributed by atoms with Crippen molar-refractivity contribution in [3.05, 3.63) is 60.1 Å². The normalized spacial score (nSPS) is 10.7. The van der Waals surface area contributed by atoms with Crippen molar-refractivity contribution in [2.45, 2.75) is 6.92 Å². The van der Waals surface area contributed by atoms with Crippen LogP contribution in [0.3, 0.4) is 0 Å². The summed E-state index contributed by atoms with van der Waals surface area (Å²) in [4.78, 5) is 11.8. The Morgan fingerprint density at radius 3 is 2.67 bits per heavy atom. The fourth-order valence-corrected chi connectivity index (χ4v) is 1.52. The molecule has 0 N–H and O–H groups in total. The van der Waals surface area contributed by atoms with Crippen LogP contribution >= 0.6 is 0 Å². The van der Waals surface area contributed by atoms with Crippen molar-refractivity contribution < 1.29 is 13.9 Å². The van der Waals surface area contributed by atoms with Gasteiger partial charge in [-0.1, -0.05) is 0 Å². The Morgan fingerprint density at radius 1 is 1.28 bits per heavy atom. The molecule has 0 radical (unpaired) electrons. The van der Waals surface area contributed by atoms with E-state index in [1.54, 1.807) is 48.7 Å². The Morgan fingerprint density at radius 2 is 2.06 bits per heavy atom. The highest BCUT2D eigenvalue weighted by Crippen LogP contribution is 2.13. The van der Waals surface area contributed by atoms with E-state index in [-0.39, 0.29) is 5.78 Å². The molecule has 0 amide bonds. The van der Waals surface area contributed by atoms with Gasteiger partial charge < -0.3 is 9.15 Å². The van der Waals surface area contributed by atoms with E-state index >= 15 is 0 Å². The lowest BCUT2D eigenvalue weighted by atomic mass is 10.1. The van der Waals surface area contributed by atoms with Gasteiger partial charge in [-0.15, -0.1) is 0 Å². The van der Waals surface area contributed by atoms with Crippen LogP contribution in [0.2, 0.25) is 0 Å². The van der Waals surface area contributed by atoms with Gasteiger partial charge >= 0.3 is 0 Å². The van der Waals surface area contributed by atoms with Crippen molar-refractivity contribution in [1.82, 2.24) is 0 Å². The zero-order chi connectivity index (χ0) is 12.8. The molecule has 1 aromatic carbocycles. The monoisotopic (exact) mass is 242 g/mol. The van der Waals surface area contributed by atoms with Gasteiger partial charge in [0, 0.05) is 5.56 Å². The second-order valence-corrected chi connectivity index (χ2v) is 3.67. The van der Waals surface area contributed by atoms with Crippen LogP contribution < -0.4 is 4.74 Å². The lowest BCUT2D eigenvalue weighted by Gasteiger charge is -2.02. The van der Waals surface area contributed by atoms with Crippen LogP contribution in [0, 0.1) is 0 Å². The zero-order valence-corrected chi connectivity index (χ0v) is 10.1. The van der Waals surface area contributed by atoms with Gasteiger partial charge in [-0.3, -0.25) is 4.79 Å². The van der Waals surface area contributed by atoms with Crippen LogP contribution in [0.25, 0.3) is 6.08 Å². The Kier molecular flexibility index (Phi) is 3.97. The number of ketones is 1. The molecular weight excluding hydrogens is 228 g/mol. The first-order chi connectivity index (χ1) is 8.79. The summed E-state index contributed by atoms with van der Waals surface area (Å²) in [5.41, 5.74) is 0.626. The van der Waals surface area contributed by atoms with E-state index in [1.165, 1.54) is 6.08 Å². The van der Waals surface area contributed by atoms with E-state index in [0.29, 0.717) is 17.9 Å². The summed E-state index contributed by atoms with van der Waals surface area (Å²) in [5, 5.41) is 0. The van der Waals surface area contributed by atoms with E-state index < -0.39 is 0 Å². The maximum atomic E-state index is 11.8. The third-order valence-electron chi connectivity index (χ3n) is 2.39. The van der Waals surface area contributed by atoms with Crippen LogP contribution in [-0.4, -0.2) is 12.4 Å². The van der Waals surface area contributed by atoms with Crippen molar-refractivity contribution >= 4 is 11.9 Å². The molecule has 0 aliphatic rings. The highest BCUT2D eigenvalue weighted by molar-refractivity contribution is 6.06. The number of carbonyl (C=O) groups is 1. The molecule has 3 heteroatoms. The number of benzene rings is 1. The van der Waals surface area contributed by atoms with E-state index in [9.17, 15) is 4.79 Å². The van der Waals surface area contributed by atoms with Crippen LogP contribution in [0.4, 0.5) is 0 Å². The molecule has 3 nitrogen and oxygen atoms in total. The first-order valence-electron chi connectivity index (χ1n) is 5.78. The molecule has 1 heterocycles. The van der Waals surface area contributed by atoms with Gasteiger partial charge in [0.1, 0.15) is 11.5 Å². The summed E-state index contributed by atoms with van der Waals surface area (Å²) in [5.74, 6) is 1.37. The van der Waals surface area contributed by atoms with Crippen molar-refractivity contribution in [2.75, 3.05) is 6.61 Å². The Bertz CT molecular complexity index is 521. The van der Waals surface area contributed by atoms with Crippen LogP contribution in [0.15, 0.2) is 53.2 Å². The van der Waals surface area contributed by atoms with Crippen molar-refractivity contribution in [3.63, 3.8) is 0 Å². The largest absolute Gasteiger partial charge is 0.494 e. The molecule has 0 aliphatic heterocycles.